The second kappa shape index (κ2) is 7.02. The number of aliphatic hydroxyl groups is 1. The summed E-state index contributed by atoms with van der Waals surface area (Å²) in [4.78, 5) is 5.12. The fraction of sp³-hybridized carbons (Fsp3) is 1.00. The van der Waals surface area contributed by atoms with Gasteiger partial charge in [-0.2, -0.15) is 0 Å². The zero-order chi connectivity index (χ0) is 13.7. The molecular formula is C15H31N3O. The molecule has 19 heavy (non-hydrogen) atoms. The van der Waals surface area contributed by atoms with Crippen LogP contribution in [-0.2, 0) is 0 Å². The lowest BCUT2D eigenvalue weighted by Gasteiger charge is -2.40. The summed E-state index contributed by atoms with van der Waals surface area (Å²) in [6, 6.07) is 0. The molecule has 2 rings (SSSR count). The van der Waals surface area contributed by atoms with E-state index in [0.717, 1.165) is 38.5 Å². The van der Waals surface area contributed by atoms with Gasteiger partial charge in [-0.3, -0.25) is 4.90 Å². The molecule has 4 nitrogen and oxygen atoms in total. The van der Waals surface area contributed by atoms with Gasteiger partial charge in [-0.25, -0.2) is 0 Å². The van der Waals surface area contributed by atoms with E-state index in [9.17, 15) is 5.11 Å². The molecule has 1 atom stereocenters. The van der Waals surface area contributed by atoms with E-state index < -0.39 is 0 Å². The highest BCUT2D eigenvalue weighted by Crippen LogP contribution is 2.29. The van der Waals surface area contributed by atoms with Crippen molar-refractivity contribution in [1.29, 1.82) is 0 Å². The molecule has 2 aliphatic rings. The van der Waals surface area contributed by atoms with Gasteiger partial charge < -0.3 is 15.3 Å². The number of hydrogen-bond acceptors (Lipinski definition) is 4. The minimum absolute atomic E-state index is 0.144. The van der Waals surface area contributed by atoms with E-state index in [-0.39, 0.29) is 12.1 Å². The first-order valence-electron chi connectivity index (χ1n) is 7.96. The van der Waals surface area contributed by atoms with E-state index in [1.54, 1.807) is 0 Å². The van der Waals surface area contributed by atoms with Gasteiger partial charge in [-0.05, 0) is 38.6 Å². The average molecular weight is 269 g/mol. The summed E-state index contributed by atoms with van der Waals surface area (Å²) in [5, 5.41) is 13.1. The van der Waals surface area contributed by atoms with Crippen molar-refractivity contribution in [2.75, 3.05) is 52.4 Å². The predicted molar refractivity (Wildman–Crippen MR) is 79.4 cm³/mol. The van der Waals surface area contributed by atoms with Crippen molar-refractivity contribution in [3.63, 3.8) is 0 Å². The molecule has 0 aromatic heterocycles. The third-order valence-corrected chi connectivity index (χ3v) is 4.40. The van der Waals surface area contributed by atoms with Gasteiger partial charge in [0, 0.05) is 39.3 Å². The molecule has 2 fully saturated rings. The van der Waals surface area contributed by atoms with E-state index in [1.165, 1.54) is 32.5 Å². The largest absolute Gasteiger partial charge is 0.394 e. The fourth-order valence-electron chi connectivity index (χ4n) is 2.88. The molecule has 4 heteroatoms. The maximum absolute atomic E-state index is 9.62. The quantitative estimate of drug-likeness (QED) is 0.682. The van der Waals surface area contributed by atoms with Crippen LogP contribution in [0.1, 0.15) is 33.1 Å². The molecule has 1 aliphatic heterocycles. The molecule has 0 aromatic rings. The van der Waals surface area contributed by atoms with Crippen LogP contribution in [0.15, 0.2) is 0 Å². The number of nitrogens with zero attached hydrogens (tertiary/aromatic N) is 2. The topological polar surface area (TPSA) is 38.7 Å². The Morgan fingerprint density at radius 3 is 2.32 bits per heavy atom. The lowest BCUT2D eigenvalue weighted by Crippen LogP contribution is -2.57. The minimum Gasteiger partial charge on any atom is -0.394 e. The molecule has 1 aliphatic carbocycles. The van der Waals surface area contributed by atoms with Crippen LogP contribution in [0.2, 0.25) is 0 Å². The van der Waals surface area contributed by atoms with Crippen molar-refractivity contribution in [2.45, 2.75) is 38.6 Å². The van der Waals surface area contributed by atoms with Gasteiger partial charge in [-0.15, -0.1) is 0 Å². The van der Waals surface area contributed by atoms with Crippen molar-refractivity contribution in [2.24, 2.45) is 5.92 Å². The summed E-state index contributed by atoms with van der Waals surface area (Å²) in [5.41, 5.74) is -0.144. The molecule has 0 amide bonds. The van der Waals surface area contributed by atoms with Crippen molar-refractivity contribution in [1.82, 2.24) is 15.1 Å². The van der Waals surface area contributed by atoms with Gasteiger partial charge >= 0.3 is 0 Å². The van der Waals surface area contributed by atoms with Crippen LogP contribution < -0.4 is 5.32 Å². The van der Waals surface area contributed by atoms with Gasteiger partial charge in [0.2, 0.25) is 0 Å². The van der Waals surface area contributed by atoms with Crippen LogP contribution in [0.5, 0.6) is 0 Å². The summed E-state index contributed by atoms with van der Waals surface area (Å²) < 4.78 is 0. The van der Waals surface area contributed by atoms with Crippen LogP contribution in [0.4, 0.5) is 0 Å². The molecule has 1 unspecified atom stereocenters. The van der Waals surface area contributed by atoms with Gasteiger partial charge in [0.1, 0.15) is 0 Å². The third-order valence-electron chi connectivity index (χ3n) is 4.40. The third kappa shape index (κ3) is 5.03. The molecule has 0 aromatic carbocycles. The second-order valence-corrected chi connectivity index (χ2v) is 6.67. The predicted octanol–water partition coefficient (Wildman–Crippen LogP) is 0.765. The Kier molecular flexibility index (Phi) is 5.63. The molecule has 2 N–H and O–H groups in total. The Bertz CT molecular complexity index is 262. The first kappa shape index (κ1) is 15.2. The van der Waals surface area contributed by atoms with Gasteiger partial charge in [0.25, 0.3) is 0 Å². The minimum atomic E-state index is -0.144. The zero-order valence-corrected chi connectivity index (χ0v) is 12.7. The summed E-state index contributed by atoms with van der Waals surface area (Å²) >= 11 is 0. The van der Waals surface area contributed by atoms with E-state index in [2.05, 4.69) is 29.0 Å². The molecule has 1 saturated carbocycles. The first-order valence-corrected chi connectivity index (χ1v) is 7.96. The maximum Gasteiger partial charge on any atom is 0.0623 e. The van der Waals surface area contributed by atoms with Crippen LogP contribution in [-0.4, -0.2) is 72.9 Å². The molecule has 0 spiro atoms. The van der Waals surface area contributed by atoms with E-state index >= 15 is 0 Å². The highest BCUT2D eigenvalue weighted by molar-refractivity contribution is 4.88. The Hall–Kier alpha value is -0.160. The van der Waals surface area contributed by atoms with Crippen LogP contribution >= 0.6 is 0 Å². The summed E-state index contributed by atoms with van der Waals surface area (Å²) in [6.45, 7) is 12.5. The smallest absolute Gasteiger partial charge is 0.0623 e. The summed E-state index contributed by atoms with van der Waals surface area (Å²) in [5.74, 6) is 1.00. The highest BCUT2D eigenvalue weighted by Gasteiger charge is 2.29. The summed E-state index contributed by atoms with van der Waals surface area (Å²) in [6.07, 6.45) is 4.01. The zero-order valence-electron chi connectivity index (χ0n) is 12.7. The van der Waals surface area contributed by atoms with Crippen molar-refractivity contribution >= 4 is 0 Å². The summed E-state index contributed by atoms with van der Waals surface area (Å²) in [7, 11) is 0. The number of nitrogens with one attached hydrogen (secondary N) is 1. The van der Waals surface area contributed by atoms with Crippen LogP contribution in [0.25, 0.3) is 0 Å². The Morgan fingerprint density at radius 2 is 1.79 bits per heavy atom. The Morgan fingerprint density at radius 1 is 1.16 bits per heavy atom. The first-order chi connectivity index (χ1) is 9.15. The maximum atomic E-state index is 9.62. The van der Waals surface area contributed by atoms with Crippen molar-refractivity contribution < 1.29 is 5.11 Å². The molecule has 112 valence electrons. The number of piperazine rings is 1. The lowest BCUT2D eigenvalue weighted by molar-refractivity contribution is 0.0770. The molecule has 1 heterocycles. The van der Waals surface area contributed by atoms with E-state index in [4.69, 9.17) is 0 Å². The number of aliphatic hydroxyl groups excluding tert-OH is 1. The van der Waals surface area contributed by atoms with Gasteiger partial charge in [0.05, 0.1) is 12.1 Å². The molecular weight excluding hydrogens is 238 g/mol. The van der Waals surface area contributed by atoms with Crippen molar-refractivity contribution in [3.05, 3.63) is 0 Å². The van der Waals surface area contributed by atoms with Crippen LogP contribution in [0.3, 0.4) is 0 Å². The molecule has 1 saturated heterocycles. The fourth-order valence-corrected chi connectivity index (χ4v) is 2.88. The van der Waals surface area contributed by atoms with E-state index in [0.29, 0.717) is 0 Å². The second-order valence-electron chi connectivity index (χ2n) is 6.67. The van der Waals surface area contributed by atoms with E-state index in [1.807, 2.05) is 0 Å². The standard InChI is InChI=1S/C15H31N3O/c1-3-6-16-15(2,13-19)12-18-9-7-17(8-10-18)11-14-4-5-14/h14,16,19H,3-13H2,1-2H3. The van der Waals surface area contributed by atoms with Gasteiger partial charge in [-0.1, -0.05) is 6.92 Å². The molecule has 0 radical (unpaired) electrons. The highest BCUT2D eigenvalue weighted by atomic mass is 16.3. The van der Waals surface area contributed by atoms with Crippen molar-refractivity contribution in [3.8, 4) is 0 Å². The normalized spacial score (nSPS) is 25.4. The van der Waals surface area contributed by atoms with Gasteiger partial charge in [0.15, 0.2) is 0 Å². The number of hydrogen-bond donors (Lipinski definition) is 2. The molecule has 0 bridgehead atoms. The van der Waals surface area contributed by atoms with Crippen LogP contribution in [0, 0.1) is 5.92 Å². The average Bonchev–Trinajstić information content (AvgIpc) is 3.23. The Balaban J connectivity index is 1.70. The number of rotatable bonds is 8. The SMILES string of the molecule is CCCNC(C)(CO)CN1CCN(CC2CC2)CC1. The lowest BCUT2D eigenvalue weighted by atomic mass is 10.0. The Labute approximate surface area is 118 Å². The monoisotopic (exact) mass is 269 g/mol.